The van der Waals surface area contributed by atoms with Gasteiger partial charge in [0.25, 0.3) is 0 Å². The van der Waals surface area contributed by atoms with Gasteiger partial charge in [-0.3, -0.25) is 14.4 Å². The van der Waals surface area contributed by atoms with E-state index in [-0.39, 0.29) is 29.7 Å². The summed E-state index contributed by atoms with van der Waals surface area (Å²) in [6, 6.07) is 15.5. The van der Waals surface area contributed by atoms with Crippen molar-refractivity contribution in [2.75, 3.05) is 14.1 Å². The van der Waals surface area contributed by atoms with Gasteiger partial charge in [-0.25, -0.2) is 0 Å². The molecule has 0 aliphatic carbocycles. The lowest BCUT2D eigenvalue weighted by Crippen LogP contribution is -2.61. The average molecular weight is 597 g/mol. The van der Waals surface area contributed by atoms with Gasteiger partial charge in [0.1, 0.15) is 6.04 Å². The summed E-state index contributed by atoms with van der Waals surface area (Å²) in [6.07, 6.45) is 1.83. The van der Waals surface area contributed by atoms with Crippen LogP contribution in [0.2, 0.25) is 5.02 Å². The summed E-state index contributed by atoms with van der Waals surface area (Å²) < 4.78 is 0. The van der Waals surface area contributed by atoms with E-state index in [9.17, 15) is 14.4 Å². The molecule has 0 aromatic heterocycles. The maximum Gasteiger partial charge on any atom is 0.246 e. The maximum absolute atomic E-state index is 14.0. The van der Waals surface area contributed by atoms with Gasteiger partial charge in [-0.15, -0.1) is 0 Å². The standard InChI is InChI=1S/C34H49ClN4O3/c1-22(2)27(20-23(3)30(40)37-21-24-16-18-26(35)19-17-24)39(10)32(42)29(33(4,5)6)38-31(41)28(36-9)34(7,8)25-14-12-11-13-15-25/h11-20,22,27-29,36H,21H2,1-10H3,(H,37,40)(H,38,41)/b23-20+/t27-,28-,29-/m1/s1. The van der Waals surface area contributed by atoms with Crippen LogP contribution in [0.4, 0.5) is 0 Å². The third-order valence-electron chi connectivity index (χ3n) is 7.81. The minimum Gasteiger partial charge on any atom is -0.348 e. The van der Waals surface area contributed by atoms with Crippen molar-refractivity contribution in [3.05, 3.63) is 82.4 Å². The molecule has 0 unspecified atom stereocenters. The van der Waals surface area contributed by atoms with E-state index in [1.807, 2.05) is 97.0 Å². The molecule has 3 atom stereocenters. The predicted molar refractivity (Wildman–Crippen MR) is 172 cm³/mol. The fraction of sp³-hybridized carbons (Fsp3) is 0.500. The second-order valence-electron chi connectivity index (χ2n) is 13.0. The van der Waals surface area contributed by atoms with E-state index < -0.39 is 22.9 Å². The first kappa shape index (κ1) is 35.0. The molecule has 230 valence electrons. The zero-order valence-electron chi connectivity index (χ0n) is 26.8. The SMILES string of the molecule is CN[C@H](C(=O)N[C@H](C(=O)N(C)[C@H](/C=C(\C)C(=O)NCc1ccc(Cl)cc1)C(C)C)C(C)(C)C)C(C)(C)c1ccccc1. The topological polar surface area (TPSA) is 90.5 Å². The monoisotopic (exact) mass is 596 g/mol. The smallest absolute Gasteiger partial charge is 0.246 e. The molecule has 3 N–H and O–H groups in total. The van der Waals surface area contributed by atoms with Crippen molar-refractivity contribution in [3.8, 4) is 0 Å². The summed E-state index contributed by atoms with van der Waals surface area (Å²) in [6.45, 7) is 16.0. The molecule has 42 heavy (non-hydrogen) atoms. The molecule has 8 heteroatoms. The van der Waals surface area contributed by atoms with Crippen LogP contribution in [0.1, 0.15) is 66.5 Å². The Labute approximate surface area is 257 Å². The zero-order valence-corrected chi connectivity index (χ0v) is 27.6. The molecule has 0 spiro atoms. The number of nitrogens with zero attached hydrogens (tertiary/aromatic N) is 1. The third kappa shape index (κ3) is 9.17. The van der Waals surface area contributed by atoms with Gasteiger partial charge in [0.2, 0.25) is 17.7 Å². The molecule has 0 heterocycles. The number of rotatable bonds is 12. The number of halogens is 1. The van der Waals surface area contributed by atoms with Crippen molar-refractivity contribution in [3.63, 3.8) is 0 Å². The molecule has 0 aliphatic rings. The van der Waals surface area contributed by atoms with Gasteiger partial charge in [-0.05, 0) is 48.6 Å². The minimum absolute atomic E-state index is 0.0244. The van der Waals surface area contributed by atoms with Crippen LogP contribution in [-0.2, 0) is 26.3 Å². The Morgan fingerprint density at radius 2 is 1.50 bits per heavy atom. The average Bonchev–Trinajstić information content (AvgIpc) is 2.93. The van der Waals surface area contributed by atoms with Gasteiger partial charge < -0.3 is 20.9 Å². The Morgan fingerprint density at radius 1 is 0.929 bits per heavy atom. The highest BCUT2D eigenvalue weighted by Gasteiger charge is 2.41. The summed E-state index contributed by atoms with van der Waals surface area (Å²) in [5, 5.41) is 9.82. The Morgan fingerprint density at radius 3 is 2.00 bits per heavy atom. The first-order chi connectivity index (χ1) is 19.5. The van der Waals surface area contributed by atoms with E-state index in [1.165, 1.54) is 0 Å². The summed E-state index contributed by atoms with van der Waals surface area (Å²) in [5.74, 6) is -0.650. The lowest BCUT2D eigenvalue weighted by atomic mass is 9.76. The van der Waals surface area contributed by atoms with E-state index in [0.29, 0.717) is 17.1 Å². The molecule has 2 aromatic carbocycles. The van der Waals surface area contributed by atoms with Gasteiger partial charge in [0, 0.05) is 29.6 Å². The number of likely N-dealkylation sites (N-methyl/N-ethyl adjacent to an activating group) is 2. The summed E-state index contributed by atoms with van der Waals surface area (Å²) in [5.41, 5.74) is 1.37. The Balaban J connectivity index is 2.25. The number of nitrogens with one attached hydrogen (secondary N) is 3. The minimum atomic E-state index is -0.786. The van der Waals surface area contributed by atoms with Gasteiger partial charge in [-0.1, -0.05) is 109 Å². The first-order valence-electron chi connectivity index (χ1n) is 14.5. The van der Waals surface area contributed by atoms with Crippen molar-refractivity contribution in [1.29, 1.82) is 0 Å². The van der Waals surface area contributed by atoms with Crippen molar-refractivity contribution in [2.24, 2.45) is 11.3 Å². The predicted octanol–water partition coefficient (Wildman–Crippen LogP) is 5.48. The number of hydrogen-bond acceptors (Lipinski definition) is 4. The number of benzene rings is 2. The fourth-order valence-electron chi connectivity index (χ4n) is 5.09. The van der Waals surface area contributed by atoms with Crippen molar-refractivity contribution in [2.45, 2.75) is 85.5 Å². The van der Waals surface area contributed by atoms with Crippen LogP contribution >= 0.6 is 11.6 Å². The van der Waals surface area contributed by atoms with Gasteiger partial charge >= 0.3 is 0 Å². The van der Waals surface area contributed by atoms with Gasteiger partial charge in [-0.2, -0.15) is 0 Å². The van der Waals surface area contributed by atoms with Gasteiger partial charge in [0.05, 0.1) is 12.1 Å². The second kappa shape index (κ2) is 14.8. The van der Waals surface area contributed by atoms with Gasteiger partial charge in [0.15, 0.2) is 0 Å². The van der Waals surface area contributed by atoms with Crippen LogP contribution in [0.3, 0.4) is 0 Å². The highest BCUT2D eigenvalue weighted by molar-refractivity contribution is 6.30. The van der Waals surface area contributed by atoms with Crippen molar-refractivity contribution >= 4 is 29.3 Å². The lowest BCUT2D eigenvalue weighted by molar-refractivity contribution is -0.140. The van der Waals surface area contributed by atoms with E-state index in [0.717, 1.165) is 11.1 Å². The molecular formula is C34H49ClN4O3. The van der Waals surface area contributed by atoms with Crippen LogP contribution in [0.25, 0.3) is 0 Å². The second-order valence-corrected chi connectivity index (χ2v) is 13.4. The molecule has 7 nitrogen and oxygen atoms in total. The molecule has 0 fully saturated rings. The van der Waals surface area contributed by atoms with E-state index in [2.05, 4.69) is 16.0 Å². The third-order valence-corrected chi connectivity index (χ3v) is 8.07. The van der Waals surface area contributed by atoms with Crippen LogP contribution in [0.15, 0.2) is 66.2 Å². The number of carbonyl (C=O) groups excluding carboxylic acids is 3. The fourth-order valence-corrected chi connectivity index (χ4v) is 5.21. The molecule has 0 aliphatic heterocycles. The molecule has 2 rings (SSSR count). The maximum atomic E-state index is 14.0. The molecule has 2 aromatic rings. The molecule has 0 saturated heterocycles. The lowest BCUT2D eigenvalue weighted by Gasteiger charge is -2.40. The quantitative estimate of drug-likeness (QED) is 0.283. The normalized spacial score (nSPS) is 14.6. The highest BCUT2D eigenvalue weighted by atomic mass is 35.5. The molecular weight excluding hydrogens is 548 g/mol. The molecule has 0 bridgehead atoms. The first-order valence-corrected chi connectivity index (χ1v) is 14.9. The van der Waals surface area contributed by atoms with Crippen LogP contribution < -0.4 is 16.0 Å². The Bertz CT molecular complexity index is 1230. The Hall–Kier alpha value is -3.16. The summed E-state index contributed by atoms with van der Waals surface area (Å²) in [4.78, 5) is 42.3. The summed E-state index contributed by atoms with van der Waals surface area (Å²) in [7, 11) is 3.49. The zero-order chi connectivity index (χ0) is 31.8. The number of hydrogen-bond donors (Lipinski definition) is 3. The highest BCUT2D eigenvalue weighted by Crippen LogP contribution is 2.29. The summed E-state index contributed by atoms with van der Waals surface area (Å²) >= 11 is 5.96. The van der Waals surface area contributed by atoms with E-state index in [1.54, 1.807) is 38.1 Å². The van der Waals surface area contributed by atoms with Crippen LogP contribution in [0, 0.1) is 11.3 Å². The van der Waals surface area contributed by atoms with Crippen molar-refractivity contribution < 1.29 is 14.4 Å². The van der Waals surface area contributed by atoms with E-state index >= 15 is 0 Å². The molecule has 0 radical (unpaired) electrons. The Kier molecular flexibility index (Phi) is 12.4. The van der Waals surface area contributed by atoms with Crippen LogP contribution in [-0.4, -0.2) is 54.8 Å². The largest absolute Gasteiger partial charge is 0.348 e. The van der Waals surface area contributed by atoms with E-state index in [4.69, 9.17) is 11.6 Å². The number of amides is 3. The van der Waals surface area contributed by atoms with Crippen molar-refractivity contribution in [1.82, 2.24) is 20.9 Å². The number of carbonyl (C=O) groups is 3. The molecule has 0 saturated carbocycles. The molecule has 3 amide bonds. The van der Waals surface area contributed by atoms with Crippen LogP contribution in [0.5, 0.6) is 0 Å².